The van der Waals surface area contributed by atoms with E-state index in [-0.39, 0.29) is 6.10 Å². The number of aliphatic hydroxyl groups is 1. The molecule has 0 unspecified atom stereocenters. The van der Waals surface area contributed by atoms with Crippen LogP contribution in [0.4, 0.5) is 0 Å². The van der Waals surface area contributed by atoms with Crippen LogP contribution >= 0.6 is 7.14 Å². The van der Waals surface area contributed by atoms with Gasteiger partial charge in [-0.05, 0) is 30.5 Å². The van der Waals surface area contributed by atoms with E-state index in [0.717, 1.165) is 35.4 Å². The third-order valence-electron chi connectivity index (χ3n) is 6.66. The zero-order chi connectivity index (χ0) is 25.2. The Morgan fingerprint density at radius 1 is 0.833 bits per heavy atom. The van der Waals surface area contributed by atoms with Gasteiger partial charge in [0.15, 0.2) is 0 Å². The molecule has 4 nitrogen and oxygen atoms in total. The average Bonchev–Trinajstić information content (AvgIpc) is 3.49. The SMILES string of the molecule is CCCC[C@@H](C[C@H]([C@H](O)c1ccco1)P(=O)(c1ccccc1)c1ccccc1)OCc1ccccc1. The topological polar surface area (TPSA) is 59.7 Å². The zero-order valence-corrected chi connectivity index (χ0v) is 21.7. The van der Waals surface area contributed by atoms with Crippen molar-refractivity contribution in [3.63, 3.8) is 0 Å². The fourth-order valence-electron chi connectivity index (χ4n) is 4.71. The number of rotatable bonds is 13. The molecule has 3 atom stereocenters. The van der Waals surface area contributed by atoms with Gasteiger partial charge in [-0.1, -0.05) is 111 Å². The van der Waals surface area contributed by atoms with Crippen molar-refractivity contribution < 1.29 is 18.8 Å². The van der Waals surface area contributed by atoms with Gasteiger partial charge in [-0.3, -0.25) is 0 Å². The van der Waals surface area contributed by atoms with Gasteiger partial charge < -0.3 is 18.8 Å². The van der Waals surface area contributed by atoms with Crippen molar-refractivity contribution >= 4 is 17.8 Å². The van der Waals surface area contributed by atoms with Crippen molar-refractivity contribution in [3.05, 3.63) is 121 Å². The maximum Gasteiger partial charge on any atom is 0.149 e. The Kier molecular flexibility index (Phi) is 9.35. The van der Waals surface area contributed by atoms with Crippen LogP contribution in [0, 0.1) is 0 Å². The predicted molar refractivity (Wildman–Crippen MR) is 146 cm³/mol. The minimum Gasteiger partial charge on any atom is -0.467 e. The molecule has 188 valence electrons. The summed E-state index contributed by atoms with van der Waals surface area (Å²) in [4.78, 5) is 0. The van der Waals surface area contributed by atoms with Gasteiger partial charge in [0.05, 0.1) is 24.6 Å². The number of hydrogen-bond acceptors (Lipinski definition) is 4. The summed E-state index contributed by atoms with van der Waals surface area (Å²) in [6.45, 7) is 2.63. The van der Waals surface area contributed by atoms with Crippen molar-refractivity contribution in [2.75, 3.05) is 0 Å². The van der Waals surface area contributed by atoms with Crippen LogP contribution < -0.4 is 10.6 Å². The minimum absolute atomic E-state index is 0.166. The standard InChI is InChI=1S/C31H35O4P/c1-2-3-16-26(35-24-25-14-7-4-8-15-25)23-30(31(32)29-21-13-22-34-29)36(33,27-17-9-5-10-18-27)28-19-11-6-12-20-28/h4-15,17-22,26,30-32H,2-3,16,23-24H2,1H3/t26-,30+,31+/m0/s1. The second kappa shape index (κ2) is 12.9. The van der Waals surface area contributed by atoms with Crippen LogP contribution in [0.2, 0.25) is 0 Å². The van der Waals surface area contributed by atoms with Gasteiger partial charge in [-0.2, -0.15) is 0 Å². The van der Waals surface area contributed by atoms with E-state index in [1.54, 1.807) is 18.4 Å². The van der Waals surface area contributed by atoms with Crippen LogP contribution in [0.25, 0.3) is 0 Å². The molecule has 4 aromatic rings. The Labute approximate surface area is 214 Å². The van der Waals surface area contributed by atoms with Crippen LogP contribution in [-0.4, -0.2) is 16.9 Å². The first-order chi connectivity index (χ1) is 17.6. The van der Waals surface area contributed by atoms with Gasteiger partial charge in [-0.15, -0.1) is 0 Å². The highest BCUT2D eigenvalue weighted by atomic mass is 31.2. The molecule has 5 heteroatoms. The van der Waals surface area contributed by atoms with Crippen LogP contribution in [0.15, 0.2) is 114 Å². The van der Waals surface area contributed by atoms with Gasteiger partial charge in [0.2, 0.25) is 0 Å². The largest absolute Gasteiger partial charge is 0.467 e. The van der Waals surface area contributed by atoms with E-state index in [1.807, 2.05) is 91.0 Å². The molecule has 0 saturated carbocycles. The molecule has 0 spiro atoms. The van der Waals surface area contributed by atoms with Gasteiger partial charge >= 0.3 is 0 Å². The molecule has 0 aliphatic rings. The molecule has 1 aromatic heterocycles. The van der Waals surface area contributed by atoms with Crippen LogP contribution in [0.3, 0.4) is 0 Å². The number of aliphatic hydroxyl groups excluding tert-OH is 1. The quantitative estimate of drug-likeness (QED) is 0.203. The lowest BCUT2D eigenvalue weighted by Gasteiger charge is -2.34. The van der Waals surface area contributed by atoms with Crippen molar-refractivity contribution in [2.24, 2.45) is 0 Å². The van der Waals surface area contributed by atoms with Crippen molar-refractivity contribution in [1.82, 2.24) is 0 Å². The molecule has 1 heterocycles. The van der Waals surface area contributed by atoms with Crippen LogP contribution in [0.5, 0.6) is 0 Å². The molecule has 0 amide bonds. The first kappa shape index (κ1) is 26.2. The monoisotopic (exact) mass is 502 g/mol. The van der Waals surface area contributed by atoms with Gasteiger partial charge in [0, 0.05) is 10.6 Å². The second-order valence-electron chi connectivity index (χ2n) is 9.15. The highest BCUT2D eigenvalue weighted by molar-refractivity contribution is 7.79. The molecule has 0 aliphatic carbocycles. The van der Waals surface area contributed by atoms with Crippen molar-refractivity contribution in [1.29, 1.82) is 0 Å². The van der Waals surface area contributed by atoms with Crippen LogP contribution in [0.1, 0.15) is 50.0 Å². The van der Waals surface area contributed by atoms with E-state index < -0.39 is 18.9 Å². The Morgan fingerprint density at radius 3 is 1.94 bits per heavy atom. The first-order valence-corrected chi connectivity index (χ1v) is 14.5. The maximum absolute atomic E-state index is 15.3. The van der Waals surface area contributed by atoms with Gasteiger partial charge in [0.1, 0.15) is 19.0 Å². The summed E-state index contributed by atoms with van der Waals surface area (Å²) in [6, 6.07) is 32.7. The van der Waals surface area contributed by atoms with Crippen molar-refractivity contribution in [2.45, 2.75) is 57.1 Å². The number of hydrogen-bond donors (Lipinski definition) is 1. The Bertz CT molecular complexity index is 1150. The third-order valence-corrected chi connectivity index (χ3v) is 10.2. The summed E-state index contributed by atoms with van der Waals surface area (Å²) < 4.78 is 27.3. The van der Waals surface area contributed by atoms with E-state index >= 15 is 4.57 Å². The summed E-state index contributed by atoms with van der Waals surface area (Å²) in [7, 11) is -3.30. The summed E-state index contributed by atoms with van der Waals surface area (Å²) in [5.74, 6) is 0.421. The van der Waals surface area contributed by atoms with Crippen LogP contribution in [-0.2, 0) is 15.9 Å². The maximum atomic E-state index is 15.3. The highest BCUT2D eigenvalue weighted by Crippen LogP contribution is 2.55. The molecular weight excluding hydrogens is 467 g/mol. The fourth-order valence-corrected chi connectivity index (χ4v) is 8.09. The average molecular weight is 503 g/mol. The molecule has 36 heavy (non-hydrogen) atoms. The Balaban J connectivity index is 1.75. The molecule has 0 fully saturated rings. The highest BCUT2D eigenvalue weighted by Gasteiger charge is 2.43. The predicted octanol–water partition coefficient (Wildman–Crippen LogP) is 6.86. The van der Waals surface area contributed by atoms with E-state index in [1.165, 1.54) is 0 Å². The lowest BCUT2D eigenvalue weighted by atomic mass is 10.0. The molecule has 0 radical (unpaired) electrons. The lowest BCUT2D eigenvalue weighted by molar-refractivity contribution is 0.0167. The van der Waals surface area contributed by atoms with E-state index in [4.69, 9.17) is 9.15 Å². The minimum atomic E-state index is -3.30. The second-order valence-corrected chi connectivity index (χ2v) is 12.2. The van der Waals surface area contributed by atoms with E-state index in [2.05, 4.69) is 6.92 Å². The molecule has 3 aromatic carbocycles. The summed E-state index contributed by atoms with van der Waals surface area (Å²) in [6.07, 6.45) is 3.63. The normalized spacial score (nSPS) is 14.3. The molecule has 0 saturated heterocycles. The summed E-state index contributed by atoms with van der Waals surface area (Å²) in [5, 5.41) is 13.1. The van der Waals surface area contributed by atoms with E-state index in [0.29, 0.717) is 18.8 Å². The third kappa shape index (κ3) is 6.25. The van der Waals surface area contributed by atoms with Crippen molar-refractivity contribution in [3.8, 4) is 0 Å². The molecule has 4 rings (SSSR count). The summed E-state index contributed by atoms with van der Waals surface area (Å²) >= 11 is 0. The van der Waals surface area contributed by atoms with Gasteiger partial charge in [0.25, 0.3) is 0 Å². The smallest absolute Gasteiger partial charge is 0.149 e. The number of unbranched alkanes of at least 4 members (excludes halogenated alkanes) is 1. The van der Waals surface area contributed by atoms with E-state index in [9.17, 15) is 5.11 Å². The Morgan fingerprint density at radius 2 is 1.42 bits per heavy atom. The zero-order valence-electron chi connectivity index (χ0n) is 20.8. The number of benzene rings is 3. The Hall–Kier alpha value is -2.91. The summed E-state index contributed by atoms with van der Waals surface area (Å²) in [5.41, 5.74) is 0.475. The number of ether oxygens (including phenoxy) is 1. The molecule has 0 bridgehead atoms. The number of furan rings is 1. The van der Waals surface area contributed by atoms with Gasteiger partial charge in [-0.25, -0.2) is 0 Å². The molecule has 0 aliphatic heterocycles. The lowest BCUT2D eigenvalue weighted by Crippen LogP contribution is -2.34. The molecular formula is C31H35O4P. The molecule has 1 N–H and O–H groups in total. The fraction of sp³-hybridized carbons (Fsp3) is 0.290. The first-order valence-electron chi connectivity index (χ1n) is 12.7.